The van der Waals surface area contributed by atoms with Crippen LogP contribution < -0.4 is 5.32 Å². The Morgan fingerprint density at radius 3 is 2.39 bits per heavy atom. The van der Waals surface area contributed by atoms with Crippen molar-refractivity contribution in [2.75, 3.05) is 54.1 Å². The molecule has 0 aliphatic carbocycles. The van der Waals surface area contributed by atoms with Crippen LogP contribution in [0.3, 0.4) is 0 Å². The Morgan fingerprint density at radius 1 is 1.11 bits per heavy atom. The first-order valence-electron chi connectivity index (χ1n) is 7.01. The van der Waals surface area contributed by atoms with Crippen LogP contribution in [0.15, 0.2) is 0 Å². The molecule has 0 saturated heterocycles. The summed E-state index contributed by atoms with van der Waals surface area (Å²) in [6, 6.07) is 0.558. The Bertz CT molecular complexity index is 165. The zero-order valence-corrected chi connectivity index (χ0v) is 12.9. The van der Waals surface area contributed by atoms with E-state index in [9.17, 15) is 0 Å². The summed E-state index contributed by atoms with van der Waals surface area (Å²) < 4.78 is 10.5. The molecule has 0 heterocycles. The van der Waals surface area contributed by atoms with Gasteiger partial charge in [0.05, 0.1) is 6.61 Å². The van der Waals surface area contributed by atoms with E-state index in [1.54, 1.807) is 7.11 Å². The highest BCUT2D eigenvalue weighted by atomic mass is 16.5. The SMILES string of the molecule is COCCCOCCNC(CC(C)C)CN(C)C. The van der Waals surface area contributed by atoms with E-state index in [4.69, 9.17) is 9.47 Å². The van der Waals surface area contributed by atoms with Crippen LogP contribution >= 0.6 is 0 Å². The predicted octanol–water partition coefficient (Wildman–Crippen LogP) is 1.61. The van der Waals surface area contributed by atoms with Crippen molar-refractivity contribution >= 4 is 0 Å². The molecule has 1 N–H and O–H groups in total. The average Bonchev–Trinajstić information content (AvgIpc) is 2.26. The molecule has 18 heavy (non-hydrogen) atoms. The minimum absolute atomic E-state index is 0.558. The summed E-state index contributed by atoms with van der Waals surface area (Å²) in [6.07, 6.45) is 2.19. The van der Waals surface area contributed by atoms with Gasteiger partial charge < -0.3 is 19.7 Å². The van der Waals surface area contributed by atoms with E-state index in [0.29, 0.717) is 6.04 Å². The van der Waals surface area contributed by atoms with Gasteiger partial charge in [-0.3, -0.25) is 0 Å². The van der Waals surface area contributed by atoms with Crippen molar-refractivity contribution in [3.05, 3.63) is 0 Å². The van der Waals surface area contributed by atoms with Crippen molar-refractivity contribution in [3.63, 3.8) is 0 Å². The van der Waals surface area contributed by atoms with Crippen molar-refractivity contribution < 1.29 is 9.47 Å². The second kappa shape index (κ2) is 11.9. The molecule has 0 amide bonds. The molecule has 0 aromatic carbocycles. The molecule has 0 aliphatic rings. The Morgan fingerprint density at radius 2 is 1.83 bits per heavy atom. The molecule has 0 fully saturated rings. The second-order valence-corrected chi connectivity index (χ2v) is 5.50. The average molecular weight is 260 g/mol. The van der Waals surface area contributed by atoms with Gasteiger partial charge in [0.25, 0.3) is 0 Å². The fourth-order valence-corrected chi connectivity index (χ4v) is 1.97. The van der Waals surface area contributed by atoms with E-state index in [1.165, 1.54) is 6.42 Å². The summed E-state index contributed by atoms with van der Waals surface area (Å²) >= 11 is 0. The highest BCUT2D eigenvalue weighted by Gasteiger charge is 2.10. The first-order chi connectivity index (χ1) is 8.56. The maximum absolute atomic E-state index is 5.54. The zero-order chi connectivity index (χ0) is 13.8. The monoisotopic (exact) mass is 260 g/mol. The number of nitrogens with zero attached hydrogens (tertiary/aromatic N) is 1. The third-order valence-electron chi connectivity index (χ3n) is 2.66. The van der Waals surface area contributed by atoms with Crippen molar-refractivity contribution in [1.82, 2.24) is 10.2 Å². The summed E-state index contributed by atoms with van der Waals surface area (Å²) in [6.45, 7) is 8.91. The number of ether oxygens (including phenoxy) is 2. The Hall–Kier alpha value is -0.160. The van der Waals surface area contributed by atoms with Gasteiger partial charge in [0.2, 0.25) is 0 Å². The van der Waals surface area contributed by atoms with Crippen LogP contribution in [-0.2, 0) is 9.47 Å². The summed E-state index contributed by atoms with van der Waals surface area (Å²) in [4.78, 5) is 2.24. The molecule has 0 radical (unpaired) electrons. The Balaban J connectivity index is 3.56. The number of hydrogen-bond donors (Lipinski definition) is 1. The van der Waals surface area contributed by atoms with Crippen LogP contribution in [0.5, 0.6) is 0 Å². The Kier molecular flexibility index (Phi) is 11.8. The van der Waals surface area contributed by atoms with Gasteiger partial charge in [-0.2, -0.15) is 0 Å². The van der Waals surface area contributed by atoms with Gasteiger partial charge in [-0.15, -0.1) is 0 Å². The number of nitrogens with one attached hydrogen (secondary N) is 1. The maximum Gasteiger partial charge on any atom is 0.0591 e. The van der Waals surface area contributed by atoms with Crippen LogP contribution in [0.4, 0.5) is 0 Å². The molecule has 0 aliphatic heterocycles. The number of methoxy groups -OCH3 is 1. The predicted molar refractivity (Wildman–Crippen MR) is 77.1 cm³/mol. The lowest BCUT2D eigenvalue weighted by molar-refractivity contribution is 0.102. The van der Waals surface area contributed by atoms with E-state index in [1.807, 2.05) is 0 Å². The van der Waals surface area contributed by atoms with Gasteiger partial charge >= 0.3 is 0 Å². The van der Waals surface area contributed by atoms with Gasteiger partial charge in [0.15, 0.2) is 0 Å². The van der Waals surface area contributed by atoms with Crippen molar-refractivity contribution in [3.8, 4) is 0 Å². The number of hydrogen-bond acceptors (Lipinski definition) is 4. The molecule has 0 saturated carbocycles. The van der Waals surface area contributed by atoms with Crippen LogP contribution in [0, 0.1) is 5.92 Å². The van der Waals surface area contributed by atoms with Crippen LogP contribution in [0.1, 0.15) is 26.7 Å². The highest BCUT2D eigenvalue weighted by Crippen LogP contribution is 2.05. The number of likely N-dealkylation sites (N-methyl/N-ethyl adjacent to an activating group) is 1. The second-order valence-electron chi connectivity index (χ2n) is 5.50. The van der Waals surface area contributed by atoms with Gasteiger partial charge in [-0.05, 0) is 32.9 Å². The van der Waals surface area contributed by atoms with Crippen LogP contribution in [-0.4, -0.2) is 65.1 Å². The molecule has 1 atom stereocenters. The fourth-order valence-electron chi connectivity index (χ4n) is 1.97. The molecular formula is C14H32N2O2. The van der Waals surface area contributed by atoms with Gasteiger partial charge in [0.1, 0.15) is 0 Å². The lowest BCUT2D eigenvalue weighted by atomic mass is 10.0. The first kappa shape index (κ1) is 17.8. The van der Waals surface area contributed by atoms with Gasteiger partial charge in [-0.1, -0.05) is 13.8 Å². The molecule has 0 spiro atoms. The van der Waals surface area contributed by atoms with E-state index in [0.717, 1.165) is 45.2 Å². The normalized spacial score (nSPS) is 13.5. The van der Waals surface area contributed by atoms with E-state index in [-0.39, 0.29) is 0 Å². The van der Waals surface area contributed by atoms with E-state index >= 15 is 0 Å². The smallest absolute Gasteiger partial charge is 0.0591 e. The molecular weight excluding hydrogens is 228 g/mol. The summed E-state index contributed by atoms with van der Waals surface area (Å²) in [7, 11) is 5.96. The summed E-state index contributed by atoms with van der Waals surface area (Å²) in [5.74, 6) is 0.727. The van der Waals surface area contributed by atoms with Gasteiger partial charge in [-0.25, -0.2) is 0 Å². The fraction of sp³-hybridized carbons (Fsp3) is 1.00. The lowest BCUT2D eigenvalue weighted by Crippen LogP contribution is -2.40. The molecule has 0 aromatic rings. The molecule has 0 bridgehead atoms. The summed E-state index contributed by atoms with van der Waals surface area (Å²) in [5.41, 5.74) is 0. The third kappa shape index (κ3) is 12.3. The summed E-state index contributed by atoms with van der Waals surface area (Å²) in [5, 5.41) is 3.58. The lowest BCUT2D eigenvalue weighted by Gasteiger charge is -2.24. The molecule has 0 rings (SSSR count). The molecule has 4 heteroatoms. The first-order valence-corrected chi connectivity index (χ1v) is 7.01. The minimum atomic E-state index is 0.558. The maximum atomic E-state index is 5.54. The van der Waals surface area contributed by atoms with Crippen molar-refractivity contribution in [1.29, 1.82) is 0 Å². The quantitative estimate of drug-likeness (QED) is 0.541. The van der Waals surface area contributed by atoms with Crippen LogP contribution in [0.2, 0.25) is 0 Å². The van der Waals surface area contributed by atoms with Crippen molar-refractivity contribution in [2.24, 2.45) is 5.92 Å². The largest absolute Gasteiger partial charge is 0.385 e. The zero-order valence-electron chi connectivity index (χ0n) is 12.9. The molecule has 4 nitrogen and oxygen atoms in total. The highest BCUT2D eigenvalue weighted by molar-refractivity contribution is 4.71. The Labute approximate surface area is 113 Å². The van der Waals surface area contributed by atoms with E-state index in [2.05, 4.69) is 38.2 Å². The molecule has 110 valence electrons. The molecule has 0 aromatic heterocycles. The van der Waals surface area contributed by atoms with E-state index < -0.39 is 0 Å². The van der Waals surface area contributed by atoms with Crippen LogP contribution in [0.25, 0.3) is 0 Å². The molecule has 1 unspecified atom stereocenters. The number of rotatable bonds is 12. The van der Waals surface area contributed by atoms with Crippen molar-refractivity contribution in [2.45, 2.75) is 32.7 Å². The third-order valence-corrected chi connectivity index (χ3v) is 2.66. The topological polar surface area (TPSA) is 33.7 Å². The standard InChI is InChI=1S/C14H32N2O2/c1-13(2)11-14(12-16(3)4)15-7-10-18-9-6-8-17-5/h13-15H,6-12H2,1-5H3. The minimum Gasteiger partial charge on any atom is -0.385 e. The van der Waals surface area contributed by atoms with Gasteiger partial charge in [0, 0.05) is 39.5 Å².